The Bertz CT molecular complexity index is 222. The zero-order valence-corrected chi connectivity index (χ0v) is 7.08. The zero-order valence-electron chi connectivity index (χ0n) is 7.08. The number of halogens is 1. The minimum Gasteiger partial charge on any atom is -0.394 e. The number of carbonyl (C=O) groups is 1. The maximum Gasteiger partial charge on any atom is 0.253 e. The summed E-state index contributed by atoms with van der Waals surface area (Å²) in [6.07, 6.45) is -7.80. The van der Waals surface area contributed by atoms with E-state index in [2.05, 4.69) is 4.74 Å². The largest absolute Gasteiger partial charge is 0.394 e. The highest BCUT2D eigenvalue weighted by Crippen LogP contribution is 2.28. The Labute approximate surface area is 78.5 Å². The fourth-order valence-corrected chi connectivity index (χ4v) is 1.25. The van der Waals surface area contributed by atoms with Crippen LogP contribution in [0.4, 0.5) is 4.39 Å². The van der Waals surface area contributed by atoms with E-state index in [1.54, 1.807) is 0 Å². The zero-order chi connectivity index (χ0) is 10.9. The van der Waals surface area contributed by atoms with Crippen LogP contribution in [0.3, 0.4) is 0 Å². The summed E-state index contributed by atoms with van der Waals surface area (Å²) in [7, 11) is 0. The van der Waals surface area contributed by atoms with Gasteiger partial charge in [-0.3, -0.25) is 4.79 Å². The van der Waals surface area contributed by atoms with Gasteiger partial charge in [-0.1, -0.05) is 0 Å². The van der Waals surface area contributed by atoms with E-state index in [4.69, 9.17) is 15.3 Å². The van der Waals surface area contributed by atoms with E-state index in [1.165, 1.54) is 0 Å². The lowest BCUT2D eigenvalue weighted by molar-refractivity contribution is -0.317. The molecule has 0 aliphatic carbocycles. The number of aldehydes is 1. The molecule has 5 atom stereocenters. The maximum atomic E-state index is 13.0. The molecule has 0 saturated carbocycles. The normalized spacial score (nSPS) is 48.9. The SMILES string of the molecule is O=C[C@]1(O)O[C@H](CO)[C@@H](F)[C@H](O)[C@H]1O. The number of aliphatic hydroxyl groups is 4. The van der Waals surface area contributed by atoms with Crippen LogP contribution >= 0.6 is 0 Å². The van der Waals surface area contributed by atoms with Gasteiger partial charge in [0, 0.05) is 0 Å². The molecule has 0 aromatic rings. The van der Waals surface area contributed by atoms with Crippen LogP contribution in [0.2, 0.25) is 0 Å². The Balaban J connectivity index is 2.89. The van der Waals surface area contributed by atoms with Crippen molar-refractivity contribution >= 4 is 6.29 Å². The molecule has 0 radical (unpaired) electrons. The van der Waals surface area contributed by atoms with Gasteiger partial charge in [0.1, 0.15) is 18.3 Å². The van der Waals surface area contributed by atoms with E-state index < -0.39 is 36.9 Å². The van der Waals surface area contributed by atoms with Crippen molar-refractivity contribution in [1.29, 1.82) is 0 Å². The third-order valence-corrected chi connectivity index (χ3v) is 2.12. The van der Waals surface area contributed by atoms with Crippen molar-refractivity contribution < 1.29 is 34.3 Å². The molecule has 6 nitrogen and oxygen atoms in total. The number of aliphatic hydroxyl groups excluding tert-OH is 3. The second kappa shape index (κ2) is 3.87. The lowest BCUT2D eigenvalue weighted by atomic mass is 9.94. The summed E-state index contributed by atoms with van der Waals surface area (Å²) in [4.78, 5) is 10.4. The lowest BCUT2D eigenvalue weighted by Crippen LogP contribution is -2.64. The van der Waals surface area contributed by atoms with Gasteiger partial charge in [0.05, 0.1) is 6.61 Å². The minimum absolute atomic E-state index is 0.157. The molecule has 1 heterocycles. The van der Waals surface area contributed by atoms with Crippen LogP contribution in [-0.4, -0.2) is 63.6 Å². The Morgan fingerprint density at radius 1 is 1.50 bits per heavy atom. The molecule has 14 heavy (non-hydrogen) atoms. The standard InChI is InChI=1S/C7H11FO6/c8-4-3(1-9)14-7(13,2-10)6(12)5(4)11/h2-6,9,11-13H,1H2/t3-,4-,5+,6-,7+/m1/s1. The highest BCUT2D eigenvalue weighted by Gasteiger charge is 2.53. The van der Waals surface area contributed by atoms with Crippen molar-refractivity contribution in [2.24, 2.45) is 0 Å². The summed E-state index contributed by atoms with van der Waals surface area (Å²) >= 11 is 0. The number of hydrogen-bond donors (Lipinski definition) is 4. The molecule has 0 amide bonds. The van der Waals surface area contributed by atoms with E-state index in [0.29, 0.717) is 0 Å². The Morgan fingerprint density at radius 2 is 2.07 bits per heavy atom. The molecule has 1 saturated heterocycles. The molecular formula is C7H11FO6. The van der Waals surface area contributed by atoms with Crippen LogP contribution in [-0.2, 0) is 9.53 Å². The molecule has 1 aliphatic rings. The first-order valence-electron chi connectivity index (χ1n) is 3.94. The fourth-order valence-electron chi connectivity index (χ4n) is 1.25. The molecule has 1 rings (SSSR count). The van der Waals surface area contributed by atoms with Gasteiger partial charge >= 0.3 is 0 Å². The highest BCUT2D eigenvalue weighted by molar-refractivity contribution is 5.61. The second-order valence-corrected chi connectivity index (χ2v) is 3.09. The van der Waals surface area contributed by atoms with Crippen LogP contribution in [0.25, 0.3) is 0 Å². The molecule has 0 aromatic carbocycles. The molecule has 1 aliphatic heterocycles. The van der Waals surface area contributed by atoms with Crippen LogP contribution in [0.1, 0.15) is 0 Å². The first kappa shape index (κ1) is 11.5. The Morgan fingerprint density at radius 3 is 2.50 bits per heavy atom. The third-order valence-electron chi connectivity index (χ3n) is 2.12. The van der Waals surface area contributed by atoms with Gasteiger partial charge in [0.25, 0.3) is 5.79 Å². The van der Waals surface area contributed by atoms with Gasteiger partial charge in [-0.15, -0.1) is 0 Å². The average Bonchev–Trinajstić information content (AvgIpc) is 2.20. The Kier molecular flexibility index (Phi) is 3.17. The molecule has 4 N–H and O–H groups in total. The van der Waals surface area contributed by atoms with Crippen molar-refractivity contribution in [2.75, 3.05) is 6.61 Å². The fraction of sp³-hybridized carbons (Fsp3) is 0.857. The van der Waals surface area contributed by atoms with Crippen LogP contribution in [0, 0.1) is 0 Å². The molecular weight excluding hydrogens is 199 g/mol. The summed E-state index contributed by atoms with van der Waals surface area (Å²) in [5.74, 6) is -2.67. The molecule has 7 heteroatoms. The number of ether oxygens (including phenoxy) is 1. The number of alkyl halides is 1. The van der Waals surface area contributed by atoms with Crippen molar-refractivity contribution in [3.63, 3.8) is 0 Å². The first-order chi connectivity index (χ1) is 6.46. The Hall–Kier alpha value is -0.600. The third kappa shape index (κ3) is 1.64. The summed E-state index contributed by atoms with van der Waals surface area (Å²) in [5.41, 5.74) is 0. The maximum absolute atomic E-state index is 13.0. The average molecular weight is 210 g/mol. The smallest absolute Gasteiger partial charge is 0.253 e. The van der Waals surface area contributed by atoms with Crippen molar-refractivity contribution in [3.05, 3.63) is 0 Å². The monoisotopic (exact) mass is 210 g/mol. The summed E-state index contributed by atoms with van der Waals surface area (Å²) in [6.45, 7) is -0.818. The molecule has 0 unspecified atom stereocenters. The van der Waals surface area contributed by atoms with Gasteiger partial charge < -0.3 is 25.2 Å². The van der Waals surface area contributed by atoms with E-state index in [-0.39, 0.29) is 6.29 Å². The van der Waals surface area contributed by atoms with Gasteiger partial charge in [0.2, 0.25) is 0 Å². The molecule has 0 bridgehead atoms. The molecule has 0 aromatic heterocycles. The number of rotatable bonds is 2. The van der Waals surface area contributed by atoms with Gasteiger partial charge in [-0.25, -0.2) is 4.39 Å². The molecule has 82 valence electrons. The van der Waals surface area contributed by atoms with Crippen molar-refractivity contribution in [1.82, 2.24) is 0 Å². The summed E-state index contributed by atoms with van der Waals surface area (Å²) in [5, 5.41) is 36.1. The minimum atomic E-state index is -2.67. The topological polar surface area (TPSA) is 107 Å². The van der Waals surface area contributed by atoms with Crippen LogP contribution in [0.5, 0.6) is 0 Å². The van der Waals surface area contributed by atoms with Gasteiger partial charge in [-0.05, 0) is 0 Å². The van der Waals surface area contributed by atoms with E-state index in [1.807, 2.05) is 0 Å². The van der Waals surface area contributed by atoms with E-state index >= 15 is 0 Å². The molecule has 1 fully saturated rings. The lowest BCUT2D eigenvalue weighted by Gasteiger charge is -2.41. The van der Waals surface area contributed by atoms with E-state index in [0.717, 1.165) is 0 Å². The first-order valence-corrected chi connectivity index (χ1v) is 3.94. The highest BCUT2D eigenvalue weighted by atomic mass is 19.1. The number of hydrogen-bond acceptors (Lipinski definition) is 6. The van der Waals surface area contributed by atoms with Crippen molar-refractivity contribution in [3.8, 4) is 0 Å². The van der Waals surface area contributed by atoms with E-state index in [9.17, 15) is 14.3 Å². The van der Waals surface area contributed by atoms with Crippen molar-refractivity contribution in [2.45, 2.75) is 30.3 Å². The summed E-state index contributed by atoms with van der Waals surface area (Å²) < 4.78 is 17.5. The number of carbonyl (C=O) groups excluding carboxylic acids is 1. The predicted octanol–water partition coefficient (Wildman–Crippen LogP) is -2.68. The molecule has 0 spiro atoms. The van der Waals surface area contributed by atoms with Gasteiger partial charge in [0.15, 0.2) is 12.5 Å². The summed E-state index contributed by atoms with van der Waals surface area (Å²) in [6, 6.07) is 0. The van der Waals surface area contributed by atoms with Gasteiger partial charge in [-0.2, -0.15) is 0 Å². The second-order valence-electron chi connectivity index (χ2n) is 3.09. The van der Waals surface area contributed by atoms with Crippen LogP contribution in [0.15, 0.2) is 0 Å². The van der Waals surface area contributed by atoms with Crippen LogP contribution < -0.4 is 0 Å². The quantitative estimate of drug-likeness (QED) is 0.370. The predicted molar refractivity (Wildman–Crippen MR) is 39.9 cm³/mol.